The van der Waals surface area contributed by atoms with Gasteiger partial charge in [-0.1, -0.05) is 18.7 Å². The fraction of sp³-hybridized carbons (Fsp3) is 0.615. The van der Waals surface area contributed by atoms with Crippen LogP contribution in [0, 0.1) is 6.92 Å². The molecule has 19 heavy (non-hydrogen) atoms. The molecule has 0 amide bonds. The molecule has 104 valence electrons. The number of thioether (sulfide) groups is 1. The molecule has 2 unspecified atom stereocenters. The number of nitrogens with zero attached hydrogens (tertiary/aromatic N) is 2. The lowest BCUT2D eigenvalue weighted by atomic mass is 10.2. The third-order valence-corrected chi connectivity index (χ3v) is 4.69. The van der Waals surface area contributed by atoms with Gasteiger partial charge in [0.15, 0.2) is 0 Å². The highest BCUT2D eigenvalue weighted by Gasteiger charge is 2.29. The summed E-state index contributed by atoms with van der Waals surface area (Å²) in [5.41, 5.74) is 0.663. The third kappa shape index (κ3) is 3.06. The van der Waals surface area contributed by atoms with Crippen LogP contribution in [0.5, 0.6) is 0 Å². The quantitative estimate of drug-likeness (QED) is 0.822. The minimum atomic E-state index is -1.00. The van der Waals surface area contributed by atoms with Crippen LogP contribution in [0.15, 0.2) is 5.03 Å². The monoisotopic (exact) mass is 282 g/mol. The Morgan fingerprint density at radius 1 is 1.42 bits per heavy atom. The first kappa shape index (κ1) is 14.3. The maximum absolute atomic E-state index is 11.3. The predicted molar refractivity (Wildman–Crippen MR) is 72.6 cm³/mol. The fourth-order valence-corrected chi connectivity index (χ4v) is 3.65. The van der Waals surface area contributed by atoms with E-state index in [-0.39, 0.29) is 16.9 Å². The second kappa shape index (κ2) is 5.88. The van der Waals surface area contributed by atoms with Crippen LogP contribution in [0.3, 0.4) is 0 Å². The molecule has 2 rings (SSSR count). The van der Waals surface area contributed by atoms with Crippen molar-refractivity contribution in [3.63, 3.8) is 0 Å². The molecule has 5 nitrogen and oxygen atoms in total. The number of aliphatic hydroxyl groups is 1. The second-order valence-corrected chi connectivity index (χ2v) is 5.95. The van der Waals surface area contributed by atoms with E-state index in [2.05, 4.69) is 9.97 Å². The van der Waals surface area contributed by atoms with Crippen LogP contribution in [0.4, 0.5) is 0 Å². The van der Waals surface area contributed by atoms with Gasteiger partial charge in [0, 0.05) is 11.7 Å². The zero-order chi connectivity index (χ0) is 14.0. The zero-order valence-electron chi connectivity index (χ0n) is 11.1. The van der Waals surface area contributed by atoms with Crippen LogP contribution < -0.4 is 0 Å². The van der Waals surface area contributed by atoms with E-state index in [9.17, 15) is 15.0 Å². The molecular formula is C13H18N2O3S. The summed E-state index contributed by atoms with van der Waals surface area (Å²) in [5.74, 6) is -0.354. The lowest BCUT2D eigenvalue weighted by molar-refractivity contribution is 0.0690. The molecule has 1 fully saturated rings. The van der Waals surface area contributed by atoms with E-state index < -0.39 is 5.97 Å². The third-order valence-electron chi connectivity index (χ3n) is 3.31. The van der Waals surface area contributed by atoms with Crippen molar-refractivity contribution in [3.05, 3.63) is 17.1 Å². The van der Waals surface area contributed by atoms with Gasteiger partial charge in [0.1, 0.15) is 16.4 Å². The summed E-state index contributed by atoms with van der Waals surface area (Å²) in [6.45, 7) is 3.63. The summed E-state index contributed by atoms with van der Waals surface area (Å²) in [4.78, 5) is 19.9. The topological polar surface area (TPSA) is 83.3 Å². The lowest BCUT2D eigenvalue weighted by Gasteiger charge is -2.16. The second-order valence-electron chi connectivity index (χ2n) is 4.72. The molecule has 1 aromatic rings. The van der Waals surface area contributed by atoms with Crippen molar-refractivity contribution in [1.82, 2.24) is 9.97 Å². The minimum absolute atomic E-state index is 0.0390. The number of carboxylic acids is 1. The smallest absolute Gasteiger partial charge is 0.340 e. The zero-order valence-corrected chi connectivity index (χ0v) is 11.9. The van der Waals surface area contributed by atoms with Gasteiger partial charge in [-0.05, 0) is 26.2 Å². The van der Waals surface area contributed by atoms with Gasteiger partial charge in [-0.3, -0.25) is 0 Å². The Balaban J connectivity index is 2.35. The Bertz CT molecular complexity index is 493. The molecular weight excluding hydrogens is 264 g/mol. The van der Waals surface area contributed by atoms with Crippen molar-refractivity contribution in [1.29, 1.82) is 0 Å². The predicted octanol–water partition coefficient (Wildman–Crippen LogP) is 2.05. The molecule has 0 aromatic carbocycles. The van der Waals surface area contributed by atoms with E-state index in [0.717, 1.165) is 19.3 Å². The molecule has 2 N–H and O–H groups in total. The van der Waals surface area contributed by atoms with Gasteiger partial charge in [0.25, 0.3) is 0 Å². The van der Waals surface area contributed by atoms with E-state index in [0.29, 0.717) is 23.0 Å². The average molecular weight is 282 g/mol. The number of carbonyl (C=O) groups is 1. The highest BCUT2D eigenvalue weighted by molar-refractivity contribution is 8.00. The maximum atomic E-state index is 11.3. The van der Waals surface area contributed by atoms with Gasteiger partial charge in [-0.2, -0.15) is 0 Å². The van der Waals surface area contributed by atoms with Crippen molar-refractivity contribution >= 4 is 17.7 Å². The first-order valence-electron chi connectivity index (χ1n) is 6.48. The Morgan fingerprint density at radius 2 is 2.16 bits per heavy atom. The molecule has 1 aliphatic carbocycles. The Labute approximate surface area is 116 Å². The van der Waals surface area contributed by atoms with Crippen molar-refractivity contribution in [2.45, 2.75) is 55.9 Å². The lowest BCUT2D eigenvalue weighted by Crippen LogP contribution is -2.17. The van der Waals surface area contributed by atoms with Gasteiger partial charge in [-0.15, -0.1) is 0 Å². The van der Waals surface area contributed by atoms with Crippen LogP contribution in [-0.4, -0.2) is 37.5 Å². The molecule has 0 spiro atoms. The van der Waals surface area contributed by atoms with Crippen molar-refractivity contribution in [3.8, 4) is 0 Å². The standard InChI is InChI=1S/C13H18N2O3S/c1-3-10-14-7(2)11(13(17)18)12(15-10)19-9-6-4-5-8(9)16/h8-9,16H,3-6H2,1-2H3,(H,17,18). The Morgan fingerprint density at radius 3 is 2.68 bits per heavy atom. The van der Waals surface area contributed by atoms with E-state index in [4.69, 9.17) is 0 Å². The fourth-order valence-electron chi connectivity index (χ4n) is 2.28. The largest absolute Gasteiger partial charge is 0.478 e. The number of hydrogen-bond donors (Lipinski definition) is 2. The molecule has 6 heteroatoms. The van der Waals surface area contributed by atoms with Crippen molar-refractivity contribution < 1.29 is 15.0 Å². The van der Waals surface area contributed by atoms with Crippen LogP contribution in [0.2, 0.25) is 0 Å². The summed E-state index contributed by atoms with van der Waals surface area (Å²) >= 11 is 1.38. The van der Waals surface area contributed by atoms with Gasteiger partial charge in [0.05, 0.1) is 11.8 Å². The summed E-state index contributed by atoms with van der Waals surface area (Å²) in [7, 11) is 0. The normalized spacial score (nSPS) is 22.7. The first-order chi connectivity index (χ1) is 9.02. The highest BCUT2D eigenvalue weighted by Crippen LogP contribution is 2.36. The maximum Gasteiger partial charge on any atom is 0.340 e. The molecule has 1 saturated carbocycles. The molecule has 1 aliphatic rings. The van der Waals surface area contributed by atoms with E-state index in [1.165, 1.54) is 11.8 Å². The summed E-state index contributed by atoms with van der Waals surface area (Å²) < 4.78 is 0. The summed E-state index contributed by atoms with van der Waals surface area (Å²) in [5, 5.41) is 19.7. The molecule has 1 heterocycles. The molecule has 1 aromatic heterocycles. The molecule has 0 saturated heterocycles. The molecule has 0 radical (unpaired) electrons. The summed E-state index contributed by atoms with van der Waals surface area (Å²) in [6, 6.07) is 0. The Kier molecular flexibility index (Phi) is 4.42. The first-order valence-corrected chi connectivity index (χ1v) is 7.36. The van der Waals surface area contributed by atoms with Crippen LogP contribution >= 0.6 is 11.8 Å². The van der Waals surface area contributed by atoms with E-state index in [1.54, 1.807) is 6.92 Å². The number of carboxylic acid groups (broad SMARTS) is 1. The SMILES string of the molecule is CCc1nc(C)c(C(=O)O)c(SC2CCCC2O)n1. The minimum Gasteiger partial charge on any atom is -0.478 e. The van der Waals surface area contributed by atoms with Gasteiger partial charge in [-0.25, -0.2) is 14.8 Å². The van der Waals surface area contributed by atoms with Crippen LogP contribution in [0.1, 0.15) is 48.1 Å². The van der Waals surface area contributed by atoms with E-state index in [1.807, 2.05) is 6.92 Å². The van der Waals surface area contributed by atoms with E-state index >= 15 is 0 Å². The van der Waals surface area contributed by atoms with Crippen LogP contribution in [-0.2, 0) is 6.42 Å². The number of aromatic carboxylic acids is 1. The average Bonchev–Trinajstić information content (AvgIpc) is 2.73. The number of aromatic nitrogens is 2. The van der Waals surface area contributed by atoms with Gasteiger partial charge < -0.3 is 10.2 Å². The number of rotatable bonds is 4. The molecule has 2 atom stereocenters. The molecule has 0 bridgehead atoms. The van der Waals surface area contributed by atoms with Gasteiger partial charge >= 0.3 is 5.97 Å². The molecule has 0 aliphatic heterocycles. The van der Waals surface area contributed by atoms with Crippen molar-refractivity contribution in [2.24, 2.45) is 0 Å². The summed E-state index contributed by atoms with van der Waals surface area (Å²) in [6.07, 6.45) is 2.96. The number of aliphatic hydroxyl groups excluding tert-OH is 1. The highest BCUT2D eigenvalue weighted by atomic mass is 32.2. The Hall–Kier alpha value is -1.14. The van der Waals surface area contributed by atoms with Crippen LogP contribution in [0.25, 0.3) is 0 Å². The van der Waals surface area contributed by atoms with Crippen molar-refractivity contribution in [2.75, 3.05) is 0 Å². The van der Waals surface area contributed by atoms with Gasteiger partial charge in [0.2, 0.25) is 0 Å². The number of aryl methyl sites for hydroxylation is 2. The number of hydrogen-bond acceptors (Lipinski definition) is 5.